The van der Waals surface area contributed by atoms with Crippen LogP contribution in [0.5, 0.6) is 11.5 Å². The number of aliphatic hydroxyl groups excluding tert-OH is 1. The number of hydrogen-bond donors (Lipinski definition) is 1. The predicted molar refractivity (Wildman–Crippen MR) is 80.3 cm³/mol. The first kappa shape index (κ1) is 13.5. The van der Waals surface area contributed by atoms with Gasteiger partial charge in [0.2, 0.25) is 0 Å². The van der Waals surface area contributed by atoms with Gasteiger partial charge in [-0.1, -0.05) is 30.3 Å². The van der Waals surface area contributed by atoms with E-state index in [2.05, 4.69) is 0 Å². The summed E-state index contributed by atoms with van der Waals surface area (Å²) in [5, 5.41) is 10.3. The smallest absolute Gasteiger partial charge is 0.127 e. The first-order chi connectivity index (χ1) is 10.3. The Balaban J connectivity index is 1.73. The van der Waals surface area contributed by atoms with Crippen LogP contribution in [0.3, 0.4) is 0 Å². The van der Waals surface area contributed by atoms with E-state index in [4.69, 9.17) is 9.15 Å². The van der Waals surface area contributed by atoms with Gasteiger partial charge < -0.3 is 14.3 Å². The minimum Gasteiger partial charge on any atom is -0.472 e. The number of furan rings is 1. The van der Waals surface area contributed by atoms with Crippen LogP contribution in [0.2, 0.25) is 0 Å². The standard InChI is InChI=1S/C18H16O3/c19-18(11-14-9-10-20-13-14)15-5-4-8-17(12-15)21-16-6-2-1-3-7-16/h1-10,12-13,18-19H,11H2. The summed E-state index contributed by atoms with van der Waals surface area (Å²) in [6.07, 6.45) is 3.19. The van der Waals surface area contributed by atoms with Gasteiger partial charge in [0.1, 0.15) is 11.5 Å². The minimum absolute atomic E-state index is 0.519. The topological polar surface area (TPSA) is 42.6 Å². The van der Waals surface area contributed by atoms with Gasteiger partial charge in [0.25, 0.3) is 0 Å². The number of hydrogen-bond acceptors (Lipinski definition) is 3. The van der Waals surface area contributed by atoms with Crippen LogP contribution in [0.25, 0.3) is 0 Å². The van der Waals surface area contributed by atoms with Crippen LogP contribution < -0.4 is 4.74 Å². The Bertz CT molecular complexity index is 675. The van der Waals surface area contributed by atoms with Crippen molar-refractivity contribution in [2.75, 3.05) is 0 Å². The second kappa shape index (κ2) is 6.29. The van der Waals surface area contributed by atoms with Crippen LogP contribution in [0.15, 0.2) is 77.6 Å². The monoisotopic (exact) mass is 280 g/mol. The zero-order valence-electron chi connectivity index (χ0n) is 11.5. The fourth-order valence-electron chi connectivity index (χ4n) is 2.16. The van der Waals surface area contributed by atoms with Gasteiger partial charge in [-0.2, -0.15) is 0 Å². The molecule has 3 heteroatoms. The van der Waals surface area contributed by atoms with Crippen molar-refractivity contribution in [3.05, 3.63) is 84.3 Å². The molecule has 0 aliphatic rings. The average molecular weight is 280 g/mol. The van der Waals surface area contributed by atoms with Crippen molar-refractivity contribution in [2.24, 2.45) is 0 Å². The van der Waals surface area contributed by atoms with E-state index in [-0.39, 0.29) is 0 Å². The lowest BCUT2D eigenvalue weighted by Crippen LogP contribution is -2.01. The lowest BCUT2D eigenvalue weighted by Gasteiger charge is -2.12. The highest BCUT2D eigenvalue weighted by molar-refractivity contribution is 5.35. The minimum atomic E-state index is -0.582. The van der Waals surface area contributed by atoms with E-state index >= 15 is 0 Å². The Morgan fingerprint density at radius 1 is 0.952 bits per heavy atom. The zero-order chi connectivity index (χ0) is 14.5. The Hall–Kier alpha value is -2.52. The maximum Gasteiger partial charge on any atom is 0.127 e. The molecular formula is C18H16O3. The molecule has 21 heavy (non-hydrogen) atoms. The summed E-state index contributed by atoms with van der Waals surface area (Å²) in [7, 11) is 0. The molecule has 0 saturated carbocycles. The molecule has 3 nitrogen and oxygen atoms in total. The SMILES string of the molecule is OC(Cc1ccoc1)c1cccc(Oc2ccccc2)c1. The fourth-order valence-corrected chi connectivity index (χ4v) is 2.16. The van der Waals surface area contributed by atoms with E-state index in [9.17, 15) is 5.11 Å². The average Bonchev–Trinajstić information content (AvgIpc) is 3.01. The van der Waals surface area contributed by atoms with E-state index in [0.717, 1.165) is 16.9 Å². The molecule has 1 atom stereocenters. The van der Waals surface area contributed by atoms with E-state index in [1.165, 1.54) is 0 Å². The molecule has 3 aromatic rings. The quantitative estimate of drug-likeness (QED) is 0.755. The molecule has 1 N–H and O–H groups in total. The molecule has 2 aromatic carbocycles. The molecule has 106 valence electrons. The largest absolute Gasteiger partial charge is 0.472 e. The van der Waals surface area contributed by atoms with Gasteiger partial charge in [0, 0.05) is 6.42 Å². The second-order valence-electron chi connectivity index (χ2n) is 4.84. The Kier molecular flexibility index (Phi) is 4.03. The van der Waals surface area contributed by atoms with Gasteiger partial charge in [-0.05, 0) is 41.5 Å². The van der Waals surface area contributed by atoms with E-state index in [1.54, 1.807) is 12.5 Å². The van der Waals surface area contributed by atoms with Crippen LogP contribution in [0, 0.1) is 0 Å². The van der Waals surface area contributed by atoms with Crippen molar-refractivity contribution in [3.8, 4) is 11.5 Å². The summed E-state index contributed by atoms with van der Waals surface area (Å²) in [5.41, 5.74) is 1.79. The second-order valence-corrected chi connectivity index (χ2v) is 4.84. The third-order valence-electron chi connectivity index (χ3n) is 3.23. The predicted octanol–water partition coefficient (Wildman–Crippen LogP) is 4.35. The molecule has 1 heterocycles. The Labute approximate surface area is 123 Å². The van der Waals surface area contributed by atoms with Crippen molar-refractivity contribution in [1.29, 1.82) is 0 Å². The molecule has 0 fully saturated rings. The number of rotatable bonds is 5. The zero-order valence-corrected chi connectivity index (χ0v) is 11.5. The highest BCUT2D eigenvalue weighted by atomic mass is 16.5. The Morgan fingerprint density at radius 2 is 1.76 bits per heavy atom. The van der Waals surface area contributed by atoms with Gasteiger partial charge in [-0.3, -0.25) is 0 Å². The third-order valence-corrected chi connectivity index (χ3v) is 3.23. The van der Waals surface area contributed by atoms with Crippen molar-refractivity contribution >= 4 is 0 Å². The summed E-state index contributed by atoms with van der Waals surface area (Å²) in [4.78, 5) is 0. The maximum absolute atomic E-state index is 10.3. The molecule has 0 radical (unpaired) electrons. The normalized spacial score (nSPS) is 12.0. The first-order valence-electron chi connectivity index (χ1n) is 6.83. The van der Waals surface area contributed by atoms with Gasteiger partial charge in [-0.25, -0.2) is 0 Å². The van der Waals surface area contributed by atoms with E-state index in [1.807, 2.05) is 60.7 Å². The number of para-hydroxylation sites is 1. The van der Waals surface area contributed by atoms with Crippen molar-refractivity contribution in [1.82, 2.24) is 0 Å². The molecule has 0 bridgehead atoms. The summed E-state index contributed by atoms with van der Waals surface area (Å²) in [5.74, 6) is 1.49. The lowest BCUT2D eigenvalue weighted by molar-refractivity contribution is 0.178. The first-order valence-corrected chi connectivity index (χ1v) is 6.83. The molecule has 0 spiro atoms. The molecule has 0 aliphatic heterocycles. The summed E-state index contributed by atoms with van der Waals surface area (Å²) < 4.78 is 10.8. The molecule has 0 saturated heterocycles. The van der Waals surface area contributed by atoms with Crippen LogP contribution >= 0.6 is 0 Å². The number of ether oxygens (including phenoxy) is 1. The van der Waals surface area contributed by atoms with Crippen LogP contribution in [0.1, 0.15) is 17.2 Å². The van der Waals surface area contributed by atoms with Crippen LogP contribution in [0.4, 0.5) is 0 Å². The fraction of sp³-hybridized carbons (Fsp3) is 0.111. The van der Waals surface area contributed by atoms with Gasteiger partial charge in [0.05, 0.1) is 18.6 Å². The van der Waals surface area contributed by atoms with Crippen LogP contribution in [-0.4, -0.2) is 5.11 Å². The maximum atomic E-state index is 10.3. The molecular weight excluding hydrogens is 264 g/mol. The molecule has 0 amide bonds. The Morgan fingerprint density at radius 3 is 2.52 bits per heavy atom. The lowest BCUT2D eigenvalue weighted by atomic mass is 10.0. The molecule has 0 aliphatic carbocycles. The van der Waals surface area contributed by atoms with Gasteiger partial charge >= 0.3 is 0 Å². The van der Waals surface area contributed by atoms with Gasteiger partial charge in [0.15, 0.2) is 0 Å². The highest BCUT2D eigenvalue weighted by Gasteiger charge is 2.10. The summed E-state index contributed by atoms with van der Waals surface area (Å²) in [6, 6.07) is 18.9. The van der Waals surface area contributed by atoms with Crippen molar-refractivity contribution in [3.63, 3.8) is 0 Å². The van der Waals surface area contributed by atoms with Crippen molar-refractivity contribution in [2.45, 2.75) is 12.5 Å². The number of aliphatic hydroxyl groups is 1. The van der Waals surface area contributed by atoms with Crippen LogP contribution in [-0.2, 0) is 6.42 Å². The highest BCUT2D eigenvalue weighted by Crippen LogP contribution is 2.26. The number of benzene rings is 2. The van der Waals surface area contributed by atoms with Gasteiger partial charge in [-0.15, -0.1) is 0 Å². The molecule has 1 aromatic heterocycles. The van der Waals surface area contributed by atoms with E-state index < -0.39 is 6.10 Å². The summed E-state index contributed by atoms with van der Waals surface area (Å²) in [6.45, 7) is 0. The van der Waals surface area contributed by atoms with Crippen molar-refractivity contribution < 1.29 is 14.3 Å². The molecule has 1 unspecified atom stereocenters. The molecule has 3 rings (SSSR count). The summed E-state index contributed by atoms with van der Waals surface area (Å²) >= 11 is 0. The van der Waals surface area contributed by atoms with E-state index in [0.29, 0.717) is 12.2 Å². The third kappa shape index (κ3) is 3.52.